The van der Waals surface area contributed by atoms with Crippen molar-refractivity contribution in [3.63, 3.8) is 0 Å². The van der Waals surface area contributed by atoms with Crippen LogP contribution in [0.2, 0.25) is 0 Å². The minimum absolute atomic E-state index is 0. The Labute approximate surface area is 193 Å². The summed E-state index contributed by atoms with van der Waals surface area (Å²) in [5.74, 6) is 1.11. The van der Waals surface area contributed by atoms with Crippen molar-refractivity contribution in [3.8, 4) is 16.9 Å². The molecule has 1 aliphatic carbocycles. The molecule has 3 aromatic rings. The van der Waals surface area contributed by atoms with Gasteiger partial charge in [-0.3, -0.25) is 0 Å². The van der Waals surface area contributed by atoms with E-state index in [0.717, 1.165) is 46.4 Å². The van der Waals surface area contributed by atoms with Gasteiger partial charge in [0.15, 0.2) is 0 Å². The van der Waals surface area contributed by atoms with Crippen molar-refractivity contribution in [2.75, 3.05) is 27.4 Å². The smallest absolute Gasteiger partial charge is 0.340 e. The summed E-state index contributed by atoms with van der Waals surface area (Å²) in [6, 6.07) is 7.87. The van der Waals surface area contributed by atoms with Crippen LogP contribution in [0.4, 0.5) is 0 Å². The minimum atomic E-state index is -0.353. The molecular formula is C24H28ClNO4S. The Bertz CT molecular complexity index is 1080. The Kier molecular flexibility index (Phi) is 7.57. The highest BCUT2D eigenvalue weighted by molar-refractivity contribution is 7.19. The fourth-order valence-corrected chi connectivity index (χ4v) is 5.61. The van der Waals surface area contributed by atoms with Gasteiger partial charge in [-0.2, -0.15) is 0 Å². The molecule has 1 aliphatic rings. The van der Waals surface area contributed by atoms with Crippen LogP contribution in [0.15, 0.2) is 24.3 Å². The average molecular weight is 462 g/mol. The number of esters is 1. The van der Waals surface area contributed by atoms with Crippen molar-refractivity contribution in [3.05, 3.63) is 46.0 Å². The molecule has 1 unspecified atom stereocenters. The molecule has 0 spiro atoms. The molecular weight excluding hydrogens is 434 g/mol. The van der Waals surface area contributed by atoms with Crippen molar-refractivity contribution < 1.29 is 19.0 Å². The predicted octanol–water partition coefficient (Wildman–Crippen LogP) is 5.63. The highest BCUT2D eigenvalue weighted by Gasteiger charge is 2.28. The summed E-state index contributed by atoms with van der Waals surface area (Å²) in [6.07, 6.45) is 3.25. The molecule has 5 nitrogen and oxygen atoms in total. The number of carbonyl (C=O) groups excluding carboxylic acids is 1. The topological polar surface area (TPSA) is 57.7 Å². The van der Waals surface area contributed by atoms with Crippen LogP contribution in [0.25, 0.3) is 21.3 Å². The molecule has 0 radical (unpaired) electrons. The number of halogens is 1. The number of carbonyl (C=O) groups is 1. The number of hydrogen-bond donors (Lipinski definition) is 0. The maximum absolute atomic E-state index is 13.1. The van der Waals surface area contributed by atoms with E-state index in [9.17, 15) is 4.79 Å². The minimum Gasteiger partial charge on any atom is -0.497 e. The van der Waals surface area contributed by atoms with E-state index in [1.165, 1.54) is 10.4 Å². The van der Waals surface area contributed by atoms with Gasteiger partial charge in [-0.25, -0.2) is 9.78 Å². The Morgan fingerprint density at radius 2 is 1.94 bits per heavy atom. The molecule has 4 rings (SSSR count). The molecule has 2 heterocycles. The van der Waals surface area contributed by atoms with Crippen LogP contribution in [-0.4, -0.2) is 38.4 Å². The Hall–Kier alpha value is -2.15. The molecule has 166 valence electrons. The van der Waals surface area contributed by atoms with Crippen LogP contribution in [-0.2, 0) is 22.3 Å². The lowest BCUT2D eigenvalue weighted by molar-refractivity contribution is 0.0388. The van der Waals surface area contributed by atoms with Crippen LogP contribution in [0.1, 0.15) is 39.8 Å². The number of aromatic nitrogens is 1. The average Bonchev–Trinajstić information content (AvgIpc) is 3.09. The molecule has 0 saturated heterocycles. The fourth-order valence-electron chi connectivity index (χ4n) is 4.17. The van der Waals surface area contributed by atoms with E-state index in [4.69, 9.17) is 19.2 Å². The van der Waals surface area contributed by atoms with Gasteiger partial charge in [0.05, 0.1) is 25.0 Å². The van der Waals surface area contributed by atoms with Gasteiger partial charge in [0.25, 0.3) is 0 Å². The second-order valence-electron chi connectivity index (χ2n) is 7.84. The number of ether oxygens (including phenoxy) is 3. The van der Waals surface area contributed by atoms with E-state index >= 15 is 0 Å². The summed E-state index contributed by atoms with van der Waals surface area (Å²) < 4.78 is 15.9. The molecule has 2 aromatic heterocycles. The molecule has 0 N–H and O–H groups in total. The third-order valence-electron chi connectivity index (χ3n) is 5.73. The number of thiophene rings is 1. The Balaban J connectivity index is 0.00000272. The van der Waals surface area contributed by atoms with Crippen LogP contribution in [0.3, 0.4) is 0 Å². The molecule has 0 bridgehead atoms. The van der Waals surface area contributed by atoms with Crippen LogP contribution in [0.5, 0.6) is 5.75 Å². The summed E-state index contributed by atoms with van der Waals surface area (Å²) >= 11 is 1.77. The number of aryl methyl sites for hydroxylation is 2. The quantitative estimate of drug-likeness (QED) is 0.351. The van der Waals surface area contributed by atoms with E-state index in [-0.39, 0.29) is 25.0 Å². The van der Waals surface area contributed by atoms with Gasteiger partial charge >= 0.3 is 5.97 Å². The lowest BCUT2D eigenvalue weighted by atomic mass is 9.86. The predicted molar refractivity (Wildman–Crippen MR) is 127 cm³/mol. The monoisotopic (exact) mass is 461 g/mol. The first-order valence-electron chi connectivity index (χ1n) is 10.3. The molecule has 0 fully saturated rings. The first-order valence-corrected chi connectivity index (χ1v) is 11.1. The van der Waals surface area contributed by atoms with Crippen LogP contribution < -0.4 is 4.74 Å². The number of pyridine rings is 1. The summed E-state index contributed by atoms with van der Waals surface area (Å²) in [6.45, 7) is 4.77. The Morgan fingerprint density at radius 3 is 2.61 bits per heavy atom. The van der Waals surface area contributed by atoms with Crippen molar-refractivity contribution >= 4 is 39.9 Å². The number of benzene rings is 1. The molecule has 7 heteroatoms. The lowest BCUT2D eigenvalue weighted by Crippen LogP contribution is -2.14. The molecule has 1 aromatic carbocycles. The third kappa shape index (κ3) is 4.56. The van der Waals surface area contributed by atoms with Gasteiger partial charge in [-0.1, -0.05) is 19.1 Å². The van der Waals surface area contributed by atoms with Crippen molar-refractivity contribution in [1.82, 2.24) is 4.98 Å². The maximum Gasteiger partial charge on any atom is 0.340 e. The SMILES string of the molecule is COCCOC(=O)c1c(C)nc2sc3c(c2c1-c1ccc(OC)cc1)CCC(C)C3.Cl. The van der Waals surface area contributed by atoms with Gasteiger partial charge < -0.3 is 14.2 Å². The molecule has 0 aliphatic heterocycles. The highest BCUT2D eigenvalue weighted by Crippen LogP contribution is 2.44. The second kappa shape index (κ2) is 9.98. The van der Waals surface area contributed by atoms with E-state index in [2.05, 4.69) is 6.92 Å². The van der Waals surface area contributed by atoms with E-state index in [1.54, 1.807) is 25.6 Å². The highest BCUT2D eigenvalue weighted by atomic mass is 35.5. The summed E-state index contributed by atoms with van der Waals surface area (Å²) in [4.78, 5) is 20.3. The zero-order chi connectivity index (χ0) is 21.3. The standard InChI is InChI=1S/C24H27NO4S.ClH/c1-14-5-10-18-19(13-14)30-23-22(18)21(16-6-8-17(28-4)9-7-16)20(15(2)25-23)24(26)29-12-11-27-3;/h6-9,14H,5,10-13H2,1-4H3;1H. The van der Waals surface area contributed by atoms with Crippen molar-refractivity contribution in [2.24, 2.45) is 5.92 Å². The van der Waals surface area contributed by atoms with Gasteiger partial charge in [-0.05, 0) is 55.4 Å². The number of nitrogens with zero attached hydrogens (tertiary/aromatic N) is 1. The summed E-state index contributed by atoms with van der Waals surface area (Å²) in [5.41, 5.74) is 4.49. The van der Waals surface area contributed by atoms with Crippen molar-refractivity contribution in [2.45, 2.75) is 33.1 Å². The zero-order valence-electron chi connectivity index (χ0n) is 18.3. The number of rotatable bonds is 6. The number of methoxy groups -OCH3 is 2. The molecule has 31 heavy (non-hydrogen) atoms. The maximum atomic E-state index is 13.1. The van der Waals surface area contributed by atoms with Gasteiger partial charge in [0.2, 0.25) is 0 Å². The largest absolute Gasteiger partial charge is 0.497 e. The van der Waals surface area contributed by atoms with E-state index in [0.29, 0.717) is 23.8 Å². The summed E-state index contributed by atoms with van der Waals surface area (Å²) in [7, 11) is 3.24. The van der Waals surface area contributed by atoms with Gasteiger partial charge in [0, 0.05) is 22.9 Å². The first kappa shape index (κ1) is 23.5. The van der Waals surface area contributed by atoms with Gasteiger partial charge in [-0.15, -0.1) is 23.7 Å². The van der Waals surface area contributed by atoms with Crippen molar-refractivity contribution in [1.29, 1.82) is 0 Å². The van der Waals surface area contributed by atoms with Crippen LogP contribution in [0, 0.1) is 12.8 Å². The molecule has 1 atom stereocenters. The zero-order valence-corrected chi connectivity index (χ0v) is 20.0. The number of hydrogen-bond acceptors (Lipinski definition) is 6. The fraction of sp³-hybridized carbons (Fsp3) is 0.417. The summed E-state index contributed by atoms with van der Waals surface area (Å²) in [5, 5.41) is 1.11. The lowest BCUT2D eigenvalue weighted by Gasteiger charge is -2.19. The first-order chi connectivity index (χ1) is 14.5. The normalized spacial score (nSPS) is 15.3. The Morgan fingerprint density at radius 1 is 1.19 bits per heavy atom. The third-order valence-corrected chi connectivity index (χ3v) is 6.88. The van der Waals surface area contributed by atoms with E-state index in [1.807, 2.05) is 31.2 Å². The van der Waals surface area contributed by atoms with Crippen LogP contribution >= 0.6 is 23.7 Å². The van der Waals surface area contributed by atoms with E-state index < -0.39 is 0 Å². The second-order valence-corrected chi connectivity index (χ2v) is 8.92. The number of fused-ring (bicyclic) bond motifs is 3. The molecule has 0 saturated carbocycles. The van der Waals surface area contributed by atoms with Gasteiger partial charge in [0.1, 0.15) is 17.2 Å². The molecule has 0 amide bonds.